The number of urea groups is 1. The van der Waals surface area contributed by atoms with Gasteiger partial charge in [0.1, 0.15) is 0 Å². The lowest BCUT2D eigenvalue weighted by Crippen LogP contribution is -2.47. The summed E-state index contributed by atoms with van der Waals surface area (Å²) in [4.78, 5) is 11.2. The molecule has 0 bridgehead atoms. The molecule has 14 heavy (non-hydrogen) atoms. The second-order valence-electron chi connectivity index (χ2n) is 4.55. The molecule has 2 N–H and O–H groups in total. The van der Waals surface area contributed by atoms with Crippen molar-refractivity contribution >= 4 is 6.03 Å². The standard InChI is InChI=1S/C10H22N2O2/c1-8(2)14-7-6-11-9(13)12-10(3,4)5/h8H,6-7H2,1-5H3,(H2,11,12,13). The van der Waals surface area contributed by atoms with Crippen LogP contribution in [-0.2, 0) is 4.74 Å². The Labute approximate surface area is 86.4 Å². The van der Waals surface area contributed by atoms with Crippen molar-refractivity contribution in [3.05, 3.63) is 0 Å². The number of carbonyl (C=O) groups is 1. The van der Waals surface area contributed by atoms with Gasteiger partial charge in [0.2, 0.25) is 0 Å². The van der Waals surface area contributed by atoms with Crippen molar-refractivity contribution in [2.24, 2.45) is 0 Å². The fourth-order valence-electron chi connectivity index (χ4n) is 0.844. The number of hydrogen-bond donors (Lipinski definition) is 2. The SMILES string of the molecule is CC(C)OCCNC(=O)NC(C)(C)C. The Kier molecular flexibility index (Phi) is 5.53. The minimum Gasteiger partial charge on any atom is -0.377 e. The van der Waals surface area contributed by atoms with E-state index in [1.807, 2.05) is 34.6 Å². The van der Waals surface area contributed by atoms with E-state index in [1.165, 1.54) is 0 Å². The first-order chi connectivity index (χ1) is 6.31. The Bertz CT molecular complexity index is 173. The molecule has 0 aromatic carbocycles. The lowest BCUT2D eigenvalue weighted by atomic mass is 10.1. The number of nitrogens with one attached hydrogen (secondary N) is 2. The predicted molar refractivity (Wildman–Crippen MR) is 57.4 cm³/mol. The average Bonchev–Trinajstić information content (AvgIpc) is 1.94. The summed E-state index contributed by atoms with van der Waals surface area (Å²) in [5, 5.41) is 5.52. The molecule has 84 valence electrons. The molecule has 0 aliphatic carbocycles. The van der Waals surface area contributed by atoms with Crippen LogP contribution in [0.3, 0.4) is 0 Å². The van der Waals surface area contributed by atoms with Crippen LogP contribution in [0.5, 0.6) is 0 Å². The number of amides is 2. The molecule has 0 radical (unpaired) electrons. The van der Waals surface area contributed by atoms with Crippen LogP contribution in [0.25, 0.3) is 0 Å². The summed E-state index contributed by atoms with van der Waals surface area (Å²) in [5.74, 6) is 0. The first-order valence-corrected chi connectivity index (χ1v) is 4.99. The van der Waals surface area contributed by atoms with Crippen molar-refractivity contribution in [3.63, 3.8) is 0 Å². The van der Waals surface area contributed by atoms with Crippen molar-refractivity contribution in [1.29, 1.82) is 0 Å². The van der Waals surface area contributed by atoms with Crippen LogP contribution in [0.1, 0.15) is 34.6 Å². The second kappa shape index (κ2) is 5.86. The van der Waals surface area contributed by atoms with Crippen LogP contribution in [-0.4, -0.2) is 30.8 Å². The van der Waals surface area contributed by atoms with Crippen molar-refractivity contribution in [2.45, 2.75) is 46.3 Å². The zero-order chi connectivity index (χ0) is 11.2. The zero-order valence-corrected chi connectivity index (χ0v) is 9.81. The maximum absolute atomic E-state index is 11.2. The third-order valence-corrected chi connectivity index (χ3v) is 1.33. The third kappa shape index (κ3) is 9.32. The highest BCUT2D eigenvalue weighted by atomic mass is 16.5. The Morgan fingerprint density at radius 3 is 2.36 bits per heavy atom. The van der Waals surface area contributed by atoms with E-state index in [1.54, 1.807) is 0 Å². The first kappa shape index (κ1) is 13.2. The molecule has 0 spiro atoms. The molecule has 0 heterocycles. The van der Waals surface area contributed by atoms with E-state index in [4.69, 9.17) is 4.74 Å². The van der Waals surface area contributed by atoms with E-state index in [-0.39, 0.29) is 17.7 Å². The van der Waals surface area contributed by atoms with Gasteiger partial charge in [0.05, 0.1) is 12.7 Å². The van der Waals surface area contributed by atoms with Gasteiger partial charge >= 0.3 is 6.03 Å². The summed E-state index contributed by atoms with van der Waals surface area (Å²) >= 11 is 0. The van der Waals surface area contributed by atoms with Crippen LogP contribution in [0.4, 0.5) is 4.79 Å². The summed E-state index contributed by atoms with van der Waals surface area (Å²) in [6.45, 7) is 10.9. The van der Waals surface area contributed by atoms with Gasteiger partial charge in [-0.25, -0.2) is 4.79 Å². The van der Waals surface area contributed by atoms with Gasteiger partial charge in [-0.3, -0.25) is 0 Å². The van der Waals surface area contributed by atoms with E-state index < -0.39 is 0 Å². The molecule has 0 aliphatic rings. The highest BCUT2D eigenvalue weighted by Gasteiger charge is 2.12. The quantitative estimate of drug-likeness (QED) is 0.679. The first-order valence-electron chi connectivity index (χ1n) is 4.99. The Morgan fingerprint density at radius 1 is 1.36 bits per heavy atom. The molecule has 0 saturated heterocycles. The molecule has 4 nitrogen and oxygen atoms in total. The number of rotatable bonds is 4. The topological polar surface area (TPSA) is 50.4 Å². The summed E-state index contributed by atoms with van der Waals surface area (Å²) in [5.41, 5.74) is -0.191. The molecule has 0 rings (SSSR count). The Hall–Kier alpha value is -0.770. The summed E-state index contributed by atoms with van der Waals surface area (Å²) in [6.07, 6.45) is 0.211. The lowest BCUT2D eigenvalue weighted by Gasteiger charge is -2.20. The normalized spacial score (nSPS) is 11.6. The molecule has 0 saturated carbocycles. The third-order valence-electron chi connectivity index (χ3n) is 1.33. The minimum absolute atomic E-state index is 0.148. The number of ether oxygens (including phenoxy) is 1. The van der Waals surface area contributed by atoms with Crippen molar-refractivity contribution in [3.8, 4) is 0 Å². The van der Waals surface area contributed by atoms with Gasteiger partial charge in [-0.1, -0.05) is 0 Å². The molecule has 0 atom stereocenters. The Morgan fingerprint density at radius 2 is 1.93 bits per heavy atom. The molecule has 0 fully saturated rings. The molecule has 0 unspecified atom stereocenters. The molecular formula is C10H22N2O2. The fraction of sp³-hybridized carbons (Fsp3) is 0.900. The van der Waals surface area contributed by atoms with Gasteiger partial charge in [-0.05, 0) is 34.6 Å². The highest BCUT2D eigenvalue weighted by molar-refractivity contribution is 5.74. The second-order valence-corrected chi connectivity index (χ2v) is 4.55. The summed E-state index contributed by atoms with van der Waals surface area (Å²) < 4.78 is 5.28. The number of carbonyl (C=O) groups excluding carboxylic acids is 1. The predicted octanol–water partition coefficient (Wildman–Crippen LogP) is 1.51. The number of hydrogen-bond acceptors (Lipinski definition) is 2. The van der Waals surface area contributed by atoms with Crippen LogP contribution in [0.2, 0.25) is 0 Å². The maximum atomic E-state index is 11.2. The monoisotopic (exact) mass is 202 g/mol. The van der Waals surface area contributed by atoms with Crippen molar-refractivity contribution < 1.29 is 9.53 Å². The zero-order valence-electron chi connectivity index (χ0n) is 9.81. The summed E-state index contributed by atoms with van der Waals surface area (Å²) in [7, 11) is 0. The van der Waals surface area contributed by atoms with Crippen LogP contribution in [0, 0.1) is 0 Å². The highest BCUT2D eigenvalue weighted by Crippen LogP contribution is 1.97. The van der Waals surface area contributed by atoms with Gasteiger partial charge in [0, 0.05) is 12.1 Å². The minimum atomic E-state index is -0.191. The van der Waals surface area contributed by atoms with Gasteiger partial charge in [0.25, 0.3) is 0 Å². The van der Waals surface area contributed by atoms with E-state index in [0.29, 0.717) is 13.2 Å². The Balaban J connectivity index is 3.46. The maximum Gasteiger partial charge on any atom is 0.315 e. The molecular weight excluding hydrogens is 180 g/mol. The largest absolute Gasteiger partial charge is 0.377 e. The van der Waals surface area contributed by atoms with Crippen LogP contribution >= 0.6 is 0 Å². The van der Waals surface area contributed by atoms with Gasteiger partial charge in [0.15, 0.2) is 0 Å². The smallest absolute Gasteiger partial charge is 0.315 e. The van der Waals surface area contributed by atoms with Crippen molar-refractivity contribution in [1.82, 2.24) is 10.6 Å². The van der Waals surface area contributed by atoms with Crippen LogP contribution < -0.4 is 10.6 Å². The fourth-order valence-corrected chi connectivity index (χ4v) is 0.844. The van der Waals surface area contributed by atoms with Gasteiger partial charge in [-0.15, -0.1) is 0 Å². The van der Waals surface area contributed by atoms with Crippen molar-refractivity contribution in [2.75, 3.05) is 13.2 Å². The average molecular weight is 202 g/mol. The lowest BCUT2D eigenvalue weighted by molar-refractivity contribution is 0.0816. The van der Waals surface area contributed by atoms with E-state index in [9.17, 15) is 4.79 Å². The molecule has 0 aromatic heterocycles. The van der Waals surface area contributed by atoms with E-state index >= 15 is 0 Å². The van der Waals surface area contributed by atoms with Crippen LogP contribution in [0.15, 0.2) is 0 Å². The van der Waals surface area contributed by atoms with Gasteiger partial charge < -0.3 is 15.4 Å². The summed E-state index contributed by atoms with van der Waals surface area (Å²) in [6, 6.07) is -0.148. The molecule has 0 aromatic rings. The van der Waals surface area contributed by atoms with Gasteiger partial charge in [-0.2, -0.15) is 0 Å². The van der Waals surface area contributed by atoms with E-state index in [0.717, 1.165) is 0 Å². The molecule has 0 aliphatic heterocycles. The molecule has 2 amide bonds. The van der Waals surface area contributed by atoms with E-state index in [2.05, 4.69) is 10.6 Å². The molecule has 4 heteroatoms.